The third-order valence-electron chi connectivity index (χ3n) is 6.57. The van der Waals surface area contributed by atoms with Crippen LogP contribution in [0.3, 0.4) is 0 Å². The van der Waals surface area contributed by atoms with E-state index in [9.17, 15) is 37.1 Å². The maximum atomic E-state index is 12.5. The molecule has 2 amide bonds. The van der Waals surface area contributed by atoms with Gasteiger partial charge in [-0.25, -0.2) is 27.5 Å². The molecule has 4 heterocycles. The number of sulfonamides is 1. The van der Waals surface area contributed by atoms with Crippen molar-refractivity contribution in [3.8, 4) is 29.8 Å². The van der Waals surface area contributed by atoms with Crippen LogP contribution >= 0.6 is 42.1 Å². The van der Waals surface area contributed by atoms with Crippen molar-refractivity contribution < 1.29 is 56.8 Å². The van der Waals surface area contributed by atoms with Crippen molar-refractivity contribution in [2.24, 2.45) is 0 Å². The van der Waals surface area contributed by atoms with Crippen molar-refractivity contribution in [3.05, 3.63) is 60.6 Å². The number of halogens is 2. The number of aryl methyl sites for hydroxylation is 2. The van der Waals surface area contributed by atoms with Crippen molar-refractivity contribution in [1.29, 1.82) is 0 Å². The van der Waals surface area contributed by atoms with Gasteiger partial charge in [0.25, 0.3) is 10.0 Å². The van der Waals surface area contributed by atoms with E-state index in [1.54, 1.807) is 15.4 Å². The molecule has 60 heavy (non-hydrogen) atoms. The van der Waals surface area contributed by atoms with Crippen LogP contribution in [0.15, 0.2) is 33.3 Å². The number of hydrogen-bond acceptors (Lipinski definition) is 16. The van der Waals surface area contributed by atoms with Gasteiger partial charge in [-0.1, -0.05) is 29.1 Å². The molecule has 1 aliphatic heterocycles. The maximum absolute atomic E-state index is 12.5. The van der Waals surface area contributed by atoms with Crippen LogP contribution in [0, 0.1) is 19.3 Å². The predicted molar refractivity (Wildman–Crippen MR) is 222 cm³/mol. The average Bonchev–Trinajstić information content (AvgIpc) is 3.77. The van der Waals surface area contributed by atoms with E-state index in [1.807, 2.05) is 5.32 Å². The SMILES string of the molecule is C#CCOc1cc(-n2nc3n(c2=O)CCCC3)c(Cl)cc1Cl.COc1nc(C)nc(NC(=O)NS(=O)(=O)c2ccsc2C(=O)O)n1.C[S+](C)C.O=C(O)CNCP(=O)([O-])O. The summed E-state index contributed by atoms with van der Waals surface area (Å²) in [6.45, 7) is 1.80. The lowest BCUT2D eigenvalue weighted by molar-refractivity contribution is -0.193. The number of amides is 2. The van der Waals surface area contributed by atoms with Gasteiger partial charge in [0, 0.05) is 19.0 Å². The summed E-state index contributed by atoms with van der Waals surface area (Å²) in [6.07, 6.45) is 13.8. The molecular weight excluding hydrogens is 916 g/mol. The Hall–Kier alpha value is -4.77. The maximum Gasteiger partial charge on any atom is 0.350 e. The lowest BCUT2D eigenvalue weighted by Crippen LogP contribution is -2.35. The van der Waals surface area contributed by atoms with Crippen LogP contribution in [-0.4, -0.2) is 116 Å². The molecule has 1 aliphatic rings. The zero-order valence-electron chi connectivity index (χ0n) is 32.4. The Morgan fingerprint density at radius 1 is 1.13 bits per heavy atom. The number of terminal acetylenes is 1. The summed E-state index contributed by atoms with van der Waals surface area (Å²) < 4.78 is 49.0. The number of aromatic carboxylic acids is 1. The van der Waals surface area contributed by atoms with Gasteiger partial charge in [0.15, 0.2) is 0 Å². The molecule has 22 nitrogen and oxygen atoms in total. The molecule has 28 heteroatoms. The second-order valence-electron chi connectivity index (χ2n) is 12.0. The fraction of sp³-hybridized carbons (Fsp3) is 0.375. The van der Waals surface area contributed by atoms with E-state index in [0.717, 1.165) is 42.5 Å². The Kier molecular flexibility index (Phi) is 20.4. The molecule has 0 radical (unpaired) electrons. The fourth-order valence-corrected chi connectivity index (χ4v) is 7.43. The number of nitrogens with zero attached hydrogens (tertiary/aromatic N) is 6. The third-order valence-corrected chi connectivity index (χ3v) is 10.2. The lowest BCUT2D eigenvalue weighted by Gasteiger charge is -2.14. The summed E-state index contributed by atoms with van der Waals surface area (Å²) in [7, 11) is -6.77. The normalized spacial score (nSPS) is 12.6. The lowest BCUT2D eigenvalue weighted by atomic mass is 10.2. The molecule has 0 saturated carbocycles. The van der Waals surface area contributed by atoms with Crippen molar-refractivity contribution in [1.82, 2.24) is 39.3 Å². The summed E-state index contributed by atoms with van der Waals surface area (Å²) in [5, 5.41) is 27.4. The highest BCUT2D eigenvalue weighted by Crippen LogP contribution is 2.33. The van der Waals surface area contributed by atoms with Crippen LogP contribution in [0.2, 0.25) is 10.0 Å². The topological polar surface area (TPSA) is 319 Å². The first-order valence-corrected chi connectivity index (χ1v) is 23.9. The number of carboxylic acid groups (broad SMARTS) is 2. The molecule has 3 aromatic heterocycles. The van der Waals surface area contributed by atoms with Gasteiger partial charge >= 0.3 is 29.7 Å². The number of rotatable bonds is 12. The highest BCUT2D eigenvalue weighted by Gasteiger charge is 2.26. The molecule has 1 unspecified atom stereocenters. The molecule has 0 bridgehead atoms. The van der Waals surface area contributed by atoms with Crippen LogP contribution in [0.5, 0.6) is 11.8 Å². The highest BCUT2D eigenvalue weighted by atomic mass is 35.5. The Balaban J connectivity index is 0.000000317. The minimum absolute atomic E-state index is 0.0633. The van der Waals surface area contributed by atoms with Crippen molar-refractivity contribution in [2.45, 2.75) is 37.6 Å². The molecule has 0 saturated heterocycles. The van der Waals surface area contributed by atoms with Crippen molar-refractivity contribution in [3.63, 3.8) is 0 Å². The number of carbonyl (C=O) groups excluding carboxylic acids is 1. The predicted octanol–water partition coefficient (Wildman–Crippen LogP) is 1.81. The van der Waals surface area contributed by atoms with Gasteiger partial charge in [-0.3, -0.25) is 20.0 Å². The summed E-state index contributed by atoms with van der Waals surface area (Å²) in [5.41, 5.74) is 0.229. The van der Waals surface area contributed by atoms with Gasteiger partial charge in [-0.2, -0.15) is 19.6 Å². The number of aliphatic carboxylic acids is 1. The zero-order chi connectivity index (χ0) is 45.4. The molecule has 0 fully saturated rings. The Morgan fingerprint density at radius 2 is 1.80 bits per heavy atom. The summed E-state index contributed by atoms with van der Waals surface area (Å²) >= 11 is 13.0. The summed E-state index contributed by atoms with van der Waals surface area (Å²) in [5.74, 6) is 0.940. The van der Waals surface area contributed by atoms with Gasteiger partial charge in [0.1, 0.15) is 41.4 Å². The smallest absolute Gasteiger partial charge is 0.350 e. The number of anilines is 1. The van der Waals surface area contributed by atoms with E-state index in [2.05, 4.69) is 50.1 Å². The Morgan fingerprint density at radius 3 is 2.37 bits per heavy atom. The van der Waals surface area contributed by atoms with Crippen LogP contribution in [0.25, 0.3) is 5.69 Å². The minimum Gasteiger partial charge on any atom is -0.778 e. The number of carbonyl (C=O) groups is 3. The number of aromatic nitrogens is 6. The number of methoxy groups -OCH3 is 1. The van der Waals surface area contributed by atoms with E-state index >= 15 is 0 Å². The fourth-order valence-electron chi connectivity index (χ4n) is 4.34. The van der Waals surface area contributed by atoms with Gasteiger partial charge < -0.3 is 34.0 Å². The van der Waals surface area contributed by atoms with Crippen LogP contribution in [0.1, 0.15) is 34.2 Å². The molecule has 4 aromatic rings. The van der Waals surface area contributed by atoms with Gasteiger partial charge in [0.2, 0.25) is 5.95 Å². The number of benzene rings is 1. The Bertz CT molecular complexity index is 2400. The number of fused-ring (bicyclic) bond motifs is 1. The first-order chi connectivity index (χ1) is 28.0. The van der Waals surface area contributed by atoms with Crippen LogP contribution in [-0.2, 0) is 43.2 Å². The monoisotopic (exact) mass is 955 g/mol. The number of thiophene rings is 1. The Labute approximate surface area is 360 Å². The van der Waals surface area contributed by atoms with Crippen molar-refractivity contribution >= 4 is 87.0 Å². The highest BCUT2D eigenvalue weighted by molar-refractivity contribution is 7.94. The van der Waals surface area contributed by atoms with Gasteiger partial charge in [-0.05, 0) is 48.2 Å². The number of carboxylic acids is 2. The molecule has 1 atom stereocenters. The zero-order valence-corrected chi connectivity index (χ0v) is 37.2. The number of hydrogen-bond donors (Lipinski definition) is 6. The molecule has 1 aromatic carbocycles. The average molecular weight is 957 g/mol. The van der Waals surface area contributed by atoms with E-state index < -0.39 is 58.2 Å². The third kappa shape index (κ3) is 17.1. The van der Waals surface area contributed by atoms with Crippen LogP contribution < -0.4 is 35.4 Å². The largest absolute Gasteiger partial charge is 0.778 e. The molecule has 5 rings (SSSR count). The van der Waals surface area contributed by atoms with E-state index in [4.69, 9.17) is 54.2 Å². The second-order valence-corrected chi connectivity index (χ2v) is 19.4. The molecular formula is C32H40Cl2N9O13PS3. The summed E-state index contributed by atoms with van der Waals surface area (Å²) in [6, 6.07) is 2.97. The number of urea groups is 1. The first-order valence-electron chi connectivity index (χ1n) is 16.6. The first kappa shape index (κ1) is 51.4. The number of ether oxygens (including phenoxy) is 2. The molecule has 0 aliphatic carbocycles. The van der Waals surface area contributed by atoms with Crippen LogP contribution in [0.4, 0.5) is 10.7 Å². The van der Waals surface area contributed by atoms with E-state index in [1.165, 1.54) is 30.2 Å². The molecule has 6 N–H and O–H groups in total. The standard InChI is InChI=1S/C15H13Cl2N3O2.C11H11N5O6S2.C3H8NO5P.C3H9S/c1-2-7-22-13-9-12(10(16)8-11(13)17)20-15(21)19-6-4-3-5-14(19)18-20;1-5-12-9(15-11(13-5)22-2)14-10(19)16-24(20,21)6-3-4-23-7(6)8(17)18;5-3(6)1-4-2-10(7,8)9;1-4(2)3/h1,8-9H,3-7H2;3-4H,1-2H3,(H,17,18)(H2,12,13,14,15,16,19);4H,1-2H2,(H,5,6)(H2,7,8,9);1-3H3/q;;;+1/p-1. The molecule has 0 spiro atoms. The molecule has 328 valence electrons. The minimum atomic E-state index is -4.37. The number of nitrogens with one attached hydrogen (secondary N) is 3. The second kappa shape index (κ2) is 23.9. The van der Waals surface area contributed by atoms with E-state index in [-0.39, 0.29) is 30.1 Å². The van der Waals surface area contributed by atoms with Gasteiger partial charge in [-0.15, -0.1) is 22.9 Å². The van der Waals surface area contributed by atoms with E-state index in [0.29, 0.717) is 38.9 Å². The van der Waals surface area contributed by atoms with Crippen molar-refractivity contribution in [2.75, 3.05) is 50.6 Å². The van der Waals surface area contributed by atoms with Gasteiger partial charge in [0.05, 0.1) is 54.4 Å². The quantitative estimate of drug-likeness (QED) is 0.0670. The summed E-state index contributed by atoms with van der Waals surface area (Å²) in [4.78, 5) is 73.5.